The van der Waals surface area contributed by atoms with Crippen molar-refractivity contribution < 1.29 is 26.1 Å². The van der Waals surface area contributed by atoms with Crippen LogP contribution in [0, 0.1) is 0 Å². The van der Waals surface area contributed by atoms with Crippen molar-refractivity contribution in [2.24, 2.45) is 0 Å². The van der Waals surface area contributed by atoms with Crippen molar-refractivity contribution in [1.82, 2.24) is 4.31 Å². The van der Waals surface area contributed by atoms with Gasteiger partial charge in [0.25, 0.3) is 0 Å². The zero-order valence-corrected chi connectivity index (χ0v) is 16.2. The van der Waals surface area contributed by atoms with E-state index in [2.05, 4.69) is 12.2 Å². The molecule has 0 spiro atoms. The monoisotopic (exact) mass is 374 g/mol. The highest BCUT2D eigenvalue weighted by atomic mass is 35.5. The van der Waals surface area contributed by atoms with E-state index >= 15 is 0 Å². The molecule has 1 aromatic carbocycles. The van der Waals surface area contributed by atoms with Crippen LogP contribution in [0.1, 0.15) is 51.9 Å². The van der Waals surface area contributed by atoms with Crippen LogP contribution in [0.15, 0.2) is 35.2 Å². The van der Waals surface area contributed by atoms with Crippen LogP contribution in [0.3, 0.4) is 0 Å². The SMILES string of the molecule is CCCCCCCCC1C[NH2+]CCN1S(=O)(=O)c1ccccc1.[Cl-]. The Morgan fingerprint density at radius 2 is 1.75 bits per heavy atom. The first kappa shape index (κ1) is 21.4. The van der Waals surface area contributed by atoms with Crippen molar-refractivity contribution in [2.75, 3.05) is 19.6 Å². The van der Waals surface area contributed by atoms with Gasteiger partial charge in [-0.15, -0.1) is 0 Å². The summed E-state index contributed by atoms with van der Waals surface area (Å²) in [6.45, 7) is 4.60. The second kappa shape index (κ2) is 11.1. The summed E-state index contributed by atoms with van der Waals surface area (Å²) in [6.07, 6.45) is 8.48. The zero-order chi connectivity index (χ0) is 16.5. The van der Waals surface area contributed by atoms with Crippen LogP contribution in [-0.4, -0.2) is 38.4 Å². The number of unbranched alkanes of at least 4 members (excludes halogenated alkanes) is 5. The molecule has 0 saturated carbocycles. The molecule has 0 aromatic heterocycles. The highest BCUT2D eigenvalue weighted by molar-refractivity contribution is 7.89. The third-order valence-electron chi connectivity index (χ3n) is 4.64. The molecule has 1 aromatic rings. The highest BCUT2D eigenvalue weighted by Crippen LogP contribution is 2.21. The number of halogens is 1. The molecule has 138 valence electrons. The van der Waals surface area contributed by atoms with Gasteiger partial charge in [0.15, 0.2) is 0 Å². The van der Waals surface area contributed by atoms with Crippen molar-refractivity contribution in [2.45, 2.75) is 62.8 Å². The first-order valence-electron chi connectivity index (χ1n) is 9.05. The normalized spacial score (nSPS) is 19.0. The molecule has 1 heterocycles. The van der Waals surface area contributed by atoms with Gasteiger partial charge in [-0.2, -0.15) is 4.31 Å². The Labute approximate surface area is 153 Å². The number of sulfonamides is 1. The second-order valence-corrected chi connectivity index (χ2v) is 8.34. The summed E-state index contributed by atoms with van der Waals surface area (Å²) in [7, 11) is -3.35. The summed E-state index contributed by atoms with van der Waals surface area (Å²) in [5.41, 5.74) is 0. The average molecular weight is 375 g/mol. The van der Waals surface area contributed by atoms with Gasteiger partial charge in [-0.3, -0.25) is 0 Å². The predicted molar refractivity (Wildman–Crippen MR) is 93.8 cm³/mol. The van der Waals surface area contributed by atoms with E-state index in [-0.39, 0.29) is 18.4 Å². The van der Waals surface area contributed by atoms with Crippen LogP contribution in [0.25, 0.3) is 0 Å². The fraction of sp³-hybridized carbons (Fsp3) is 0.667. The summed E-state index contributed by atoms with van der Waals surface area (Å²) in [4.78, 5) is 0.426. The smallest absolute Gasteiger partial charge is 0.243 e. The summed E-state index contributed by atoms with van der Waals surface area (Å²) in [6, 6.07) is 9.00. The molecule has 24 heavy (non-hydrogen) atoms. The fourth-order valence-corrected chi connectivity index (χ4v) is 5.00. The molecular weight excluding hydrogens is 344 g/mol. The van der Waals surface area contributed by atoms with E-state index in [0.29, 0.717) is 11.4 Å². The van der Waals surface area contributed by atoms with Gasteiger partial charge < -0.3 is 17.7 Å². The number of rotatable bonds is 9. The number of hydrogen-bond donors (Lipinski definition) is 1. The van der Waals surface area contributed by atoms with Gasteiger partial charge in [0, 0.05) is 0 Å². The molecule has 0 amide bonds. The number of benzene rings is 1. The molecule has 2 N–H and O–H groups in total. The lowest BCUT2D eigenvalue weighted by molar-refractivity contribution is -0.667. The first-order valence-corrected chi connectivity index (χ1v) is 10.5. The van der Waals surface area contributed by atoms with Crippen LogP contribution in [0.2, 0.25) is 0 Å². The Kier molecular flexibility index (Phi) is 9.89. The summed E-state index contributed by atoms with van der Waals surface area (Å²) >= 11 is 0. The summed E-state index contributed by atoms with van der Waals surface area (Å²) in [5.74, 6) is 0. The Balaban J connectivity index is 0.00000288. The van der Waals surface area contributed by atoms with Crippen molar-refractivity contribution in [1.29, 1.82) is 0 Å². The maximum atomic E-state index is 12.9. The minimum absolute atomic E-state index is 0. The van der Waals surface area contributed by atoms with E-state index in [0.717, 1.165) is 25.9 Å². The standard InChI is InChI=1S/C18H30N2O2S.ClH/c1-2-3-4-5-6-8-11-17-16-19-14-15-20(17)23(21,22)18-12-9-7-10-13-18;/h7,9-10,12-13,17,19H,2-6,8,11,14-16H2,1H3;1H. The number of piperazine rings is 1. The van der Waals surface area contributed by atoms with Crippen molar-refractivity contribution >= 4 is 10.0 Å². The molecule has 6 heteroatoms. The van der Waals surface area contributed by atoms with Crippen LogP contribution < -0.4 is 17.7 Å². The molecular formula is C18H31ClN2O2S. The van der Waals surface area contributed by atoms with Crippen molar-refractivity contribution in [3.8, 4) is 0 Å². The van der Waals surface area contributed by atoms with Gasteiger partial charge in [-0.1, -0.05) is 63.6 Å². The van der Waals surface area contributed by atoms with Gasteiger partial charge >= 0.3 is 0 Å². The highest BCUT2D eigenvalue weighted by Gasteiger charge is 2.34. The van der Waals surface area contributed by atoms with Crippen LogP contribution in [0.4, 0.5) is 0 Å². The minimum Gasteiger partial charge on any atom is -1.00 e. The van der Waals surface area contributed by atoms with Gasteiger partial charge in [0.1, 0.15) is 0 Å². The topological polar surface area (TPSA) is 54.0 Å². The molecule has 1 fully saturated rings. The van der Waals surface area contributed by atoms with Crippen LogP contribution in [0.5, 0.6) is 0 Å². The van der Waals surface area contributed by atoms with Crippen molar-refractivity contribution in [3.05, 3.63) is 30.3 Å². The Morgan fingerprint density at radius 1 is 1.08 bits per heavy atom. The Hall–Kier alpha value is -0.620. The lowest BCUT2D eigenvalue weighted by Gasteiger charge is -2.33. The molecule has 0 radical (unpaired) electrons. The maximum Gasteiger partial charge on any atom is 0.243 e. The number of nitrogens with zero attached hydrogens (tertiary/aromatic N) is 1. The van der Waals surface area contributed by atoms with E-state index < -0.39 is 10.0 Å². The molecule has 0 aliphatic carbocycles. The van der Waals surface area contributed by atoms with Crippen molar-refractivity contribution in [3.63, 3.8) is 0 Å². The van der Waals surface area contributed by atoms with Gasteiger partial charge in [-0.25, -0.2) is 8.42 Å². The van der Waals surface area contributed by atoms with Crippen LogP contribution >= 0.6 is 0 Å². The fourth-order valence-electron chi connectivity index (χ4n) is 3.30. The van der Waals surface area contributed by atoms with Gasteiger partial charge in [0.05, 0.1) is 30.6 Å². The Bertz CT molecular complexity index is 551. The van der Waals surface area contributed by atoms with Gasteiger partial charge in [0.2, 0.25) is 10.0 Å². The van der Waals surface area contributed by atoms with E-state index in [1.165, 1.54) is 32.1 Å². The number of quaternary nitrogens is 1. The largest absolute Gasteiger partial charge is 1.00 e. The molecule has 1 aliphatic heterocycles. The summed E-state index contributed by atoms with van der Waals surface area (Å²) in [5, 5.41) is 2.25. The number of hydrogen-bond acceptors (Lipinski definition) is 2. The lowest BCUT2D eigenvalue weighted by atomic mass is 10.0. The van der Waals surface area contributed by atoms with Gasteiger partial charge in [-0.05, 0) is 18.6 Å². The van der Waals surface area contributed by atoms with E-state index in [9.17, 15) is 8.42 Å². The molecule has 0 bridgehead atoms. The molecule has 1 atom stereocenters. The molecule has 1 aliphatic rings. The zero-order valence-electron chi connectivity index (χ0n) is 14.7. The quantitative estimate of drug-likeness (QED) is 0.585. The van der Waals surface area contributed by atoms with Crippen LogP contribution in [-0.2, 0) is 10.0 Å². The second-order valence-electron chi connectivity index (χ2n) is 6.45. The van der Waals surface area contributed by atoms with E-state index in [1.807, 2.05) is 6.07 Å². The number of nitrogens with two attached hydrogens (primary N) is 1. The average Bonchev–Trinajstić information content (AvgIpc) is 2.59. The molecule has 2 rings (SSSR count). The first-order chi connectivity index (χ1) is 11.2. The predicted octanol–water partition coefficient (Wildman–Crippen LogP) is -0.622. The third kappa shape index (κ3) is 6.03. The maximum absolute atomic E-state index is 12.9. The molecule has 4 nitrogen and oxygen atoms in total. The minimum atomic E-state index is -3.35. The molecule has 1 unspecified atom stereocenters. The lowest BCUT2D eigenvalue weighted by Crippen LogP contribution is -3.00. The Morgan fingerprint density at radius 3 is 2.46 bits per heavy atom. The van der Waals surface area contributed by atoms with E-state index in [4.69, 9.17) is 0 Å². The summed E-state index contributed by atoms with van der Waals surface area (Å²) < 4.78 is 27.5. The van der Waals surface area contributed by atoms with E-state index in [1.54, 1.807) is 28.6 Å². The molecule has 1 saturated heterocycles. The third-order valence-corrected chi connectivity index (χ3v) is 6.61.